The van der Waals surface area contributed by atoms with Crippen molar-refractivity contribution in [2.75, 3.05) is 7.11 Å². The van der Waals surface area contributed by atoms with Crippen molar-refractivity contribution in [1.82, 2.24) is 4.98 Å². The maximum Gasteiger partial charge on any atom is 0.133 e. The van der Waals surface area contributed by atoms with Gasteiger partial charge in [-0.2, -0.15) is 5.26 Å². The van der Waals surface area contributed by atoms with Crippen LogP contribution in [0, 0.1) is 18.3 Å². The molecule has 0 bridgehead atoms. The molecule has 0 saturated heterocycles. The number of nitriles is 1. The normalized spacial score (nSPS) is 10.1. The molecule has 18 heavy (non-hydrogen) atoms. The van der Waals surface area contributed by atoms with Crippen LogP contribution in [0.1, 0.15) is 22.4 Å². The Morgan fingerprint density at radius 1 is 1.44 bits per heavy atom. The van der Waals surface area contributed by atoms with Crippen LogP contribution in [-0.2, 0) is 6.42 Å². The molecule has 2 rings (SSSR count). The van der Waals surface area contributed by atoms with Crippen LogP contribution >= 0.6 is 11.3 Å². The number of ether oxygens (including phenoxy) is 1. The fourth-order valence-electron chi connectivity index (χ4n) is 1.85. The summed E-state index contributed by atoms with van der Waals surface area (Å²) < 4.78 is 5.36. The number of benzene rings is 1. The highest BCUT2D eigenvalue weighted by Crippen LogP contribution is 2.34. The maximum absolute atomic E-state index is 9.16. The van der Waals surface area contributed by atoms with Crippen LogP contribution < -0.4 is 4.74 Å². The molecule has 0 spiro atoms. The van der Waals surface area contributed by atoms with E-state index in [9.17, 15) is 0 Å². The monoisotopic (exact) mass is 258 g/mol. The van der Waals surface area contributed by atoms with Gasteiger partial charge in [0.25, 0.3) is 0 Å². The molecule has 0 amide bonds. The third kappa shape index (κ3) is 2.22. The van der Waals surface area contributed by atoms with E-state index in [0.717, 1.165) is 28.4 Å². The highest BCUT2D eigenvalue weighted by molar-refractivity contribution is 7.12. The largest absolute Gasteiger partial charge is 0.496 e. The van der Waals surface area contributed by atoms with E-state index < -0.39 is 0 Å². The van der Waals surface area contributed by atoms with E-state index in [4.69, 9.17) is 10.00 Å². The van der Waals surface area contributed by atoms with E-state index in [-0.39, 0.29) is 0 Å². The number of aromatic nitrogens is 1. The van der Waals surface area contributed by atoms with Gasteiger partial charge in [-0.1, -0.05) is 13.0 Å². The minimum absolute atomic E-state index is 0.638. The van der Waals surface area contributed by atoms with Crippen molar-refractivity contribution in [1.29, 1.82) is 5.26 Å². The lowest BCUT2D eigenvalue weighted by atomic mass is 10.0. The lowest BCUT2D eigenvalue weighted by molar-refractivity contribution is 0.416. The smallest absolute Gasteiger partial charge is 0.133 e. The molecule has 0 radical (unpaired) electrons. The van der Waals surface area contributed by atoms with Crippen molar-refractivity contribution in [3.8, 4) is 23.1 Å². The highest BCUT2D eigenvalue weighted by atomic mass is 32.1. The zero-order valence-corrected chi connectivity index (χ0v) is 11.5. The first kappa shape index (κ1) is 12.6. The first-order valence-electron chi connectivity index (χ1n) is 5.74. The third-order valence-electron chi connectivity index (χ3n) is 2.76. The van der Waals surface area contributed by atoms with Crippen LogP contribution in [0.2, 0.25) is 0 Å². The van der Waals surface area contributed by atoms with Gasteiger partial charge in [0.2, 0.25) is 0 Å². The van der Waals surface area contributed by atoms with Crippen molar-refractivity contribution in [3.05, 3.63) is 33.6 Å². The summed E-state index contributed by atoms with van der Waals surface area (Å²) in [7, 11) is 1.63. The number of hydrogen-bond donors (Lipinski definition) is 0. The average Bonchev–Trinajstić information content (AvgIpc) is 2.79. The van der Waals surface area contributed by atoms with Gasteiger partial charge in [-0.05, 0) is 31.0 Å². The second kappa shape index (κ2) is 5.19. The van der Waals surface area contributed by atoms with Gasteiger partial charge < -0.3 is 4.74 Å². The van der Waals surface area contributed by atoms with Gasteiger partial charge in [0.05, 0.1) is 12.1 Å². The summed E-state index contributed by atoms with van der Waals surface area (Å²) in [5.41, 5.74) is 2.84. The van der Waals surface area contributed by atoms with Gasteiger partial charge in [0, 0.05) is 5.56 Å². The molecular weight excluding hydrogens is 244 g/mol. The van der Waals surface area contributed by atoms with Crippen LogP contribution in [0.3, 0.4) is 0 Å². The van der Waals surface area contributed by atoms with Crippen molar-refractivity contribution >= 4 is 11.3 Å². The van der Waals surface area contributed by atoms with E-state index in [2.05, 4.69) is 18.0 Å². The predicted molar refractivity (Wildman–Crippen MR) is 72.9 cm³/mol. The molecule has 1 aromatic carbocycles. The topological polar surface area (TPSA) is 45.9 Å². The van der Waals surface area contributed by atoms with Gasteiger partial charge in [0.1, 0.15) is 22.4 Å². The molecular formula is C14H14N2OS. The molecule has 2 aromatic rings. The molecule has 1 aromatic heterocycles. The zero-order valence-electron chi connectivity index (χ0n) is 10.7. The fraction of sp³-hybridized carbons (Fsp3) is 0.286. The number of thiazole rings is 1. The lowest BCUT2D eigenvalue weighted by Crippen LogP contribution is -1.92. The Morgan fingerprint density at radius 3 is 2.83 bits per heavy atom. The summed E-state index contributed by atoms with van der Waals surface area (Å²) in [5, 5.41) is 10.1. The van der Waals surface area contributed by atoms with Crippen molar-refractivity contribution in [2.24, 2.45) is 0 Å². The summed E-state index contributed by atoms with van der Waals surface area (Å²) in [4.78, 5) is 5.09. The van der Waals surface area contributed by atoms with Crippen LogP contribution in [0.15, 0.2) is 18.2 Å². The number of methoxy groups -OCH3 is 1. The molecule has 0 atom stereocenters. The second-order valence-corrected chi connectivity index (χ2v) is 5.11. The SMILES string of the molecule is CCc1ccc(OC)c(-c2nc(C)sc2C#N)c1. The van der Waals surface area contributed by atoms with E-state index >= 15 is 0 Å². The minimum atomic E-state index is 0.638. The number of hydrogen-bond acceptors (Lipinski definition) is 4. The highest BCUT2D eigenvalue weighted by Gasteiger charge is 2.15. The van der Waals surface area contributed by atoms with E-state index in [0.29, 0.717) is 4.88 Å². The van der Waals surface area contributed by atoms with E-state index in [1.807, 2.05) is 25.1 Å². The molecule has 0 unspecified atom stereocenters. The Balaban J connectivity index is 2.64. The molecule has 0 aliphatic carbocycles. The number of nitrogens with zero attached hydrogens (tertiary/aromatic N) is 2. The summed E-state index contributed by atoms with van der Waals surface area (Å²) in [6, 6.07) is 8.22. The van der Waals surface area contributed by atoms with Crippen molar-refractivity contribution < 1.29 is 4.74 Å². The lowest BCUT2D eigenvalue weighted by Gasteiger charge is -2.08. The van der Waals surface area contributed by atoms with E-state index in [1.54, 1.807) is 7.11 Å². The van der Waals surface area contributed by atoms with Crippen LogP contribution in [0.4, 0.5) is 0 Å². The summed E-state index contributed by atoms with van der Waals surface area (Å²) in [5.74, 6) is 0.758. The minimum Gasteiger partial charge on any atom is -0.496 e. The predicted octanol–water partition coefficient (Wildman–Crippen LogP) is 3.56. The average molecular weight is 258 g/mol. The molecule has 0 fully saturated rings. The molecule has 0 saturated carbocycles. The maximum atomic E-state index is 9.16. The molecule has 1 heterocycles. The number of rotatable bonds is 3. The molecule has 92 valence electrons. The van der Waals surface area contributed by atoms with Crippen molar-refractivity contribution in [3.63, 3.8) is 0 Å². The van der Waals surface area contributed by atoms with Gasteiger partial charge in [-0.15, -0.1) is 11.3 Å². The Bertz CT molecular complexity index is 611. The zero-order chi connectivity index (χ0) is 13.1. The van der Waals surface area contributed by atoms with Crippen LogP contribution in [0.5, 0.6) is 5.75 Å². The Labute approximate surface area is 111 Å². The third-order valence-corrected chi connectivity index (χ3v) is 3.64. The van der Waals surface area contributed by atoms with Gasteiger partial charge in [-0.25, -0.2) is 4.98 Å². The Morgan fingerprint density at radius 2 is 2.22 bits per heavy atom. The quantitative estimate of drug-likeness (QED) is 0.845. The molecule has 4 heteroatoms. The summed E-state index contributed by atoms with van der Waals surface area (Å²) in [6.07, 6.45) is 0.946. The first-order valence-corrected chi connectivity index (χ1v) is 6.56. The fourth-order valence-corrected chi connectivity index (χ4v) is 2.58. The summed E-state index contributed by atoms with van der Waals surface area (Å²) in [6.45, 7) is 4.01. The molecule has 0 aliphatic heterocycles. The molecule has 0 N–H and O–H groups in total. The van der Waals surface area contributed by atoms with E-state index in [1.165, 1.54) is 16.9 Å². The van der Waals surface area contributed by atoms with Gasteiger partial charge >= 0.3 is 0 Å². The Hall–Kier alpha value is -1.86. The molecule has 3 nitrogen and oxygen atoms in total. The van der Waals surface area contributed by atoms with Gasteiger partial charge in [-0.3, -0.25) is 0 Å². The molecule has 0 aliphatic rings. The van der Waals surface area contributed by atoms with Crippen LogP contribution in [-0.4, -0.2) is 12.1 Å². The second-order valence-electron chi connectivity index (χ2n) is 3.91. The number of aryl methyl sites for hydroxylation is 2. The van der Waals surface area contributed by atoms with Crippen molar-refractivity contribution in [2.45, 2.75) is 20.3 Å². The first-order chi connectivity index (χ1) is 8.69. The van der Waals surface area contributed by atoms with Gasteiger partial charge in [0.15, 0.2) is 0 Å². The summed E-state index contributed by atoms with van der Waals surface area (Å²) >= 11 is 1.41. The standard InChI is InChI=1S/C14H14N2OS/c1-4-10-5-6-12(17-3)11(7-10)14-13(8-15)18-9(2)16-14/h5-7H,4H2,1-3H3. The van der Waals surface area contributed by atoms with Crippen LogP contribution in [0.25, 0.3) is 11.3 Å². The Kier molecular flexibility index (Phi) is 3.63.